The summed E-state index contributed by atoms with van der Waals surface area (Å²) in [7, 11) is 1.68. The summed E-state index contributed by atoms with van der Waals surface area (Å²) in [4.78, 5) is 10.8. The number of amides is 1. The third-order valence-electron chi connectivity index (χ3n) is 2.11. The zero-order valence-electron chi connectivity index (χ0n) is 7.38. The Morgan fingerprint density at radius 1 is 1.83 bits per heavy atom. The fourth-order valence-corrected chi connectivity index (χ4v) is 1.18. The largest absolute Gasteiger partial charge is 0.379 e. The summed E-state index contributed by atoms with van der Waals surface area (Å²) in [5.74, 6) is 0.526. The predicted octanol–water partition coefficient (Wildman–Crippen LogP) is 0.714. The van der Waals surface area contributed by atoms with Gasteiger partial charge in [-0.2, -0.15) is 0 Å². The lowest BCUT2D eigenvalue weighted by atomic mass is 10.2. The molecule has 1 N–H and O–H groups in total. The minimum Gasteiger partial charge on any atom is -0.379 e. The van der Waals surface area contributed by atoms with Gasteiger partial charge in [0.2, 0.25) is 5.91 Å². The highest BCUT2D eigenvalue weighted by Gasteiger charge is 2.31. The monoisotopic (exact) mass is 169 g/mol. The number of hydrogen-bond donors (Lipinski definition) is 1. The summed E-state index contributed by atoms with van der Waals surface area (Å²) < 4.78 is 5.22. The van der Waals surface area contributed by atoms with Gasteiger partial charge in [0.1, 0.15) is 0 Å². The minimum absolute atomic E-state index is 0.127. The quantitative estimate of drug-likeness (QED) is 0.616. The van der Waals surface area contributed by atoms with E-state index < -0.39 is 0 Å². The summed E-state index contributed by atoms with van der Waals surface area (Å²) in [5, 5.41) is 2.72. The van der Waals surface area contributed by atoms with Crippen molar-refractivity contribution in [1.82, 2.24) is 5.32 Å². The Hall–Kier alpha value is -0.830. The molecule has 0 radical (unpaired) electrons. The molecule has 1 saturated carbocycles. The second-order valence-electron chi connectivity index (χ2n) is 3.06. The average Bonchev–Trinajstić information content (AvgIpc) is 2.89. The third kappa shape index (κ3) is 2.66. The van der Waals surface area contributed by atoms with Gasteiger partial charge in [0.15, 0.2) is 0 Å². The zero-order chi connectivity index (χ0) is 8.97. The van der Waals surface area contributed by atoms with Gasteiger partial charge >= 0.3 is 0 Å². The van der Waals surface area contributed by atoms with Crippen LogP contribution in [0.5, 0.6) is 0 Å². The first-order valence-corrected chi connectivity index (χ1v) is 4.21. The lowest BCUT2D eigenvalue weighted by Gasteiger charge is -2.13. The normalized spacial score (nSPS) is 18.4. The van der Waals surface area contributed by atoms with Gasteiger partial charge in [-0.25, -0.2) is 0 Å². The van der Waals surface area contributed by atoms with Crippen LogP contribution in [0.1, 0.15) is 12.8 Å². The molecule has 0 aromatic heterocycles. The van der Waals surface area contributed by atoms with Crippen molar-refractivity contribution in [3.05, 3.63) is 12.7 Å². The van der Waals surface area contributed by atoms with Crippen molar-refractivity contribution in [2.75, 3.05) is 13.7 Å². The van der Waals surface area contributed by atoms with E-state index in [-0.39, 0.29) is 12.0 Å². The van der Waals surface area contributed by atoms with Crippen LogP contribution in [-0.4, -0.2) is 25.7 Å². The van der Waals surface area contributed by atoms with E-state index in [2.05, 4.69) is 11.9 Å². The Balaban J connectivity index is 2.18. The van der Waals surface area contributed by atoms with Crippen molar-refractivity contribution in [1.29, 1.82) is 0 Å². The molecule has 1 rings (SSSR count). The smallest absolute Gasteiger partial charge is 0.243 e. The first-order valence-electron chi connectivity index (χ1n) is 4.21. The van der Waals surface area contributed by atoms with E-state index in [1.807, 2.05) is 0 Å². The molecular formula is C9H15NO2. The molecule has 0 bridgehead atoms. The Labute approximate surface area is 72.8 Å². The zero-order valence-corrected chi connectivity index (χ0v) is 7.38. The molecule has 1 atom stereocenters. The molecular weight excluding hydrogens is 154 g/mol. The third-order valence-corrected chi connectivity index (χ3v) is 2.11. The van der Waals surface area contributed by atoms with Crippen LogP contribution >= 0.6 is 0 Å². The molecule has 3 nitrogen and oxygen atoms in total. The summed E-state index contributed by atoms with van der Waals surface area (Å²) in [6.07, 6.45) is 3.92. The number of hydrogen-bond acceptors (Lipinski definition) is 2. The highest BCUT2D eigenvalue weighted by Crippen LogP contribution is 2.33. The number of carbonyl (C=O) groups excluding carboxylic acids is 1. The topological polar surface area (TPSA) is 38.3 Å². The average molecular weight is 169 g/mol. The Bertz CT molecular complexity index is 175. The number of ether oxygens (including phenoxy) is 1. The number of carbonyl (C=O) groups is 1. The molecule has 0 saturated heterocycles. The van der Waals surface area contributed by atoms with Gasteiger partial charge in [0.05, 0.1) is 6.10 Å². The lowest BCUT2D eigenvalue weighted by molar-refractivity contribution is -0.117. The summed E-state index contributed by atoms with van der Waals surface area (Å²) in [6, 6.07) is 0. The van der Waals surface area contributed by atoms with Gasteiger partial charge in [-0.3, -0.25) is 4.79 Å². The van der Waals surface area contributed by atoms with Crippen LogP contribution in [0.3, 0.4) is 0 Å². The second-order valence-corrected chi connectivity index (χ2v) is 3.06. The molecule has 1 aliphatic rings. The van der Waals surface area contributed by atoms with Crippen molar-refractivity contribution >= 4 is 5.91 Å². The van der Waals surface area contributed by atoms with E-state index >= 15 is 0 Å². The van der Waals surface area contributed by atoms with E-state index in [4.69, 9.17) is 4.74 Å². The first kappa shape index (κ1) is 9.26. The number of nitrogens with one attached hydrogen (secondary N) is 1. The molecule has 1 amide bonds. The van der Waals surface area contributed by atoms with Crippen LogP contribution in [0.2, 0.25) is 0 Å². The molecule has 1 fully saturated rings. The molecule has 0 aromatic carbocycles. The molecule has 1 unspecified atom stereocenters. The van der Waals surface area contributed by atoms with Crippen LogP contribution in [-0.2, 0) is 9.53 Å². The molecule has 1 aliphatic carbocycles. The summed E-state index contributed by atoms with van der Waals surface area (Å²) in [6.45, 7) is 3.98. The van der Waals surface area contributed by atoms with E-state index in [1.165, 1.54) is 18.9 Å². The fourth-order valence-electron chi connectivity index (χ4n) is 1.18. The molecule has 0 spiro atoms. The van der Waals surface area contributed by atoms with Crippen LogP contribution in [0.25, 0.3) is 0 Å². The van der Waals surface area contributed by atoms with E-state index in [9.17, 15) is 4.79 Å². The van der Waals surface area contributed by atoms with Gasteiger partial charge in [0.25, 0.3) is 0 Å². The van der Waals surface area contributed by atoms with Crippen molar-refractivity contribution in [2.45, 2.75) is 18.9 Å². The van der Waals surface area contributed by atoms with Crippen molar-refractivity contribution in [3.8, 4) is 0 Å². The minimum atomic E-state index is -0.127. The Kier molecular flexibility index (Phi) is 3.29. The highest BCUT2D eigenvalue weighted by molar-refractivity contribution is 5.86. The summed E-state index contributed by atoms with van der Waals surface area (Å²) in [5.41, 5.74) is 0. The van der Waals surface area contributed by atoms with Gasteiger partial charge in [-0.05, 0) is 24.8 Å². The molecule has 3 heteroatoms. The lowest BCUT2D eigenvalue weighted by Crippen LogP contribution is -2.33. The van der Waals surface area contributed by atoms with Crippen molar-refractivity contribution < 1.29 is 9.53 Å². The Morgan fingerprint density at radius 3 is 2.92 bits per heavy atom. The number of rotatable bonds is 5. The van der Waals surface area contributed by atoms with Crippen molar-refractivity contribution in [2.24, 2.45) is 5.92 Å². The van der Waals surface area contributed by atoms with Gasteiger partial charge in [-0.1, -0.05) is 6.58 Å². The molecule has 68 valence electrons. The molecule has 0 heterocycles. The predicted molar refractivity (Wildman–Crippen MR) is 46.7 cm³/mol. The SMILES string of the molecule is C=CC(=O)NCC(OC)C1CC1. The highest BCUT2D eigenvalue weighted by atomic mass is 16.5. The van der Waals surface area contributed by atoms with Gasteiger partial charge in [-0.15, -0.1) is 0 Å². The van der Waals surface area contributed by atoms with Gasteiger partial charge in [0, 0.05) is 13.7 Å². The van der Waals surface area contributed by atoms with Gasteiger partial charge < -0.3 is 10.1 Å². The first-order chi connectivity index (χ1) is 5.77. The molecule has 0 aliphatic heterocycles. The maximum atomic E-state index is 10.8. The maximum Gasteiger partial charge on any atom is 0.243 e. The van der Waals surface area contributed by atoms with Crippen LogP contribution in [0, 0.1) is 5.92 Å². The van der Waals surface area contributed by atoms with Crippen LogP contribution in [0.4, 0.5) is 0 Å². The van der Waals surface area contributed by atoms with E-state index in [0.717, 1.165) is 0 Å². The standard InChI is InChI=1S/C9H15NO2/c1-3-9(11)10-6-8(12-2)7-4-5-7/h3,7-8H,1,4-6H2,2H3,(H,10,11). The van der Waals surface area contributed by atoms with E-state index in [1.54, 1.807) is 7.11 Å². The van der Waals surface area contributed by atoms with E-state index in [0.29, 0.717) is 12.5 Å². The number of methoxy groups -OCH3 is 1. The van der Waals surface area contributed by atoms with Crippen molar-refractivity contribution in [3.63, 3.8) is 0 Å². The van der Waals surface area contributed by atoms with Crippen LogP contribution < -0.4 is 5.32 Å². The summed E-state index contributed by atoms with van der Waals surface area (Å²) >= 11 is 0. The Morgan fingerprint density at radius 2 is 2.50 bits per heavy atom. The molecule has 12 heavy (non-hydrogen) atoms. The van der Waals surface area contributed by atoms with Crippen LogP contribution in [0.15, 0.2) is 12.7 Å². The fraction of sp³-hybridized carbons (Fsp3) is 0.667. The molecule has 0 aromatic rings. The second kappa shape index (κ2) is 4.26. The maximum absolute atomic E-state index is 10.8.